The Morgan fingerprint density at radius 1 is 1.36 bits per heavy atom. The van der Waals surface area contributed by atoms with Crippen molar-refractivity contribution >= 4 is 23.1 Å². The van der Waals surface area contributed by atoms with Crippen LogP contribution in [0.3, 0.4) is 0 Å². The van der Waals surface area contributed by atoms with Gasteiger partial charge in [-0.05, 0) is 48.4 Å². The van der Waals surface area contributed by atoms with E-state index in [-0.39, 0.29) is 12.6 Å². The minimum atomic E-state index is -1.10. The number of hydrogen-bond donors (Lipinski definition) is 3. The standard InChI is InChI=1S/C16H20N2O3S/c1-3-21-14-7-5-4-6-13(14)18-15(19)17-11-16(2,20)12-8-9-22-10-12/h4-10,20H,3,11H2,1-2H3,(H2,17,18,19). The van der Waals surface area contributed by atoms with E-state index in [0.29, 0.717) is 18.0 Å². The summed E-state index contributed by atoms with van der Waals surface area (Å²) in [5.74, 6) is 0.616. The molecule has 1 atom stereocenters. The van der Waals surface area contributed by atoms with Gasteiger partial charge in [0, 0.05) is 0 Å². The molecule has 1 aromatic heterocycles. The summed E-state index contributed by atoms with van der Waals surface area (Å²) >= 11 is 1.51. The second-order valence-electron chi connectivity index (χ2n) is 5.02. The van der Waals surface area contributed by atoms with Crippen molar-refractivity contribution in [1.29, 1.82) is 0 Å². The van der Waals surface area contributed by atoms with Gasteiger partial charge in [-0.15, -0.1) is 0 Å². The van der Waals surface area contributed by atoms with E-state index in [0.717, 1.165) is 5.56 Å². The number of ether oxygens (including phenoxy) is 1. The summed E-state index contributed by atoms with van der Waals surface area (Å²) in [6, 6.07) is 8.68. The van der Waals surface area contributed by atoms with Gasteiger partial charge in [-0.1, -0.05) is 12.1 Å². The summed E-state index contributed by atoms with van der Waals surface area (Å²) in [4.78, 5) is 12.0. The summed E-state index contributed by atoms with van der Waals surface area (Å²) in [5.41, 5.74) is 0.279. The Morgan fingerprint density at radius 2 is 2.14 bits per heavy atom. The molecule has 0 spiro atoms. The molecule has 118 valence electrons. The number of anilines is 1. The average Bonchev–Trinajstić information content (AvgIpc) is 3.03. The van der Waals surface area contributed by atoms with Crippen molar-refractivity contribution in [2.45, 2.75) is 19.4 Å². The van der Waals surface area contributed by atoms with Gasteiger partial charge < -0.3 is 20.5 Å². The van der Waals surface area contributed by atoms with Gasteiger partial charge in [-0.2, -0.15) is 11.3 Å². The second kappa shape index (κ2) is 7.29. The van der Waals surface area contributed by atoms with Gasteiger partial charge in [0.1, 0.15) is 11.4 Å². The molecule has 2 rings (SSSR count). The van der Waals surface area contributed by atoms with E-state index >= 15 is 0 Å². The fourth-order valence-electron chi connectivity index (χ4n) is 1.94. The van der Waals surface area contributed by atoms with Crippen molar-refractivity contribution in [2.24, 2.45) is 0 Å². The first kappa shape index (κ1) is 16.3. The molecule has 0 saturated heterocycles. The zero-order valence-electron chi connectivity index (χ0n) is 12.6. The lowest BCUT2D eigenvalue weighted by atomic mass is 9.99. The highest BCUT2D eigenvalue weighted by atomic mass is 32.1. The van der Waals surface area contributed by atoms with Crippen LogP contribution in [0.25, 0.3) is 0 Å². The topological polar surface area (TPSA) is 70.6 Å². The smallest absolute Gasteiger partial charge is 0.319 e. The molecule has 0 saturated carbocycles. The number of urea groups is 1. The Labute approximate surface area is 133 Å². The van der Waals surface area contributed by atoms with Crippen molar-refractivity contribution in [3.63, 3.8) is 0 Å². The molecule has 0 radical (unpaired) electrons. The lowest BCUT2D eigenvalue weighted by Crippen LogP contribution is -2.40. The number of amides is 2. The Kier molecular flexibility index (Phi) is 5.41. The number of aliphatic hydroxyl groups is 1. The Bertz CT molecular complexity index is 612. The number of carbonyl (C=O) groups excluding carboxylic acids is 1. The van der Waals surface area contributed by atoms with Gasteiger partial charge in [0.15, 0.2) is 0 Å². The summed E-state index contributed by atoms with van der Waals surface area (Å²) in [6.45, 7) is 4.19. The third-order valence-electron chi connectivity index (χ3n) is 3.17. The maximum Gasteiger partial charge on any atom is 0.319 e. The summed E-state index contributed by atoms with van der Waals surface area (Å²) < 4.78 is 5.45. The van der Waals surface area contributed by atoms with E-state index in [4.69, 9.17) is 4.74 Å². The maximum absolute atomic E-state index is 12.0. The van der Waals surface area contributed by atoms with E-state index in [1.807, 2.05) is 35.9 Å². The molecular formula is C16H20N2O3S. The predicted octanol–water partition coefficient (Wildman–Crippen LogP) is 3.18. The van der Waals surface area contributed by atoms with E-state index in [9.17, 15) is 9.90 Å². The molecule has 2 aromatic rings. The molecule has 6 heteroatoms. The van der Waals surface area contributed by atoms with Crippen LogP contribution in [-0.2, 0) is 5.60 Å². The fourth-order valence-corrected chi connectivity index (χ4v) is 2.73. The zero-order valence-corrected chi connectivity index (χ0v) is 13.4. The van der Waals surface area contributed by atoms with Gasteiger partial charge in [-0.3, -0.25) is 0 Å². The molecule has 1 unspecified atom stereocenters. The van der Waals surface area contributed by atoms with Gasteiger partial charge in [-0.25, -0.2) is 4.79 Å². The average molecular weight is 320 g/mol. The molecule has 2 amide bonds. The first-order valence-electron chi connectivity index (χ1n) is 7.04. The molecule has 0 fully saturated rings. The van der Waals surface area contributed by atoms with E-state index in [1.165, 1.54) is 11.3 Å². The first-order valence-corrected chi connectivity index (χ1v) is 7.99. The number of nitrogens with one attached hydrogen (secondary N) is 2. The highest BCUT2D eigenvalue weighted by Crippen LogP contribution is 2.24. The molecule has 3 N–H and O–H groups in total. The SMILES string of the molecule is CCOc1ccccc1NC(=O)NCC(C)(O)c1ccsc1. The second-order valence-corrected chi connectivity index (χ2v) is 5.80. The highest BCUT2D eigenvalue weighted by Gasteiger charge is 2.24. The predicted molar refractivity (Wildman–Crippen MR) is 88.5 cm³/mol. The molecular weight excluding hydrogens is 300 g/mol. The molecule has 1 heterocycles. The van der Waals surface area contributed by atoms with Crippen molar-refractivity contribution < 1.29 is 14.6 Å². The van der Waals surface area contributed by atoms with Crippen LogP contribution in [0.1, 0.15) is 19.4 Å². The Hall–Kier alpha value is -2.05. The number of benzene rings is 1. The fraction of sp³-hybridized carbons (Fsp3) is 0.312. The number of hydrogen-bond acceptors (Lipinski definition) is 4. The molecule has 0 aliphatic rings. The van der Waals surface area contributed by atoms with Crippen LogP contribution in [-0.4, -0.2) is 24.3 Å². The Balaban J connectivity index is 1.94. The zero-order chi connectivity index (χ0) is 16.0. The summed E-state index contributed by atoms with van der Waals surface area (Å²) in [5, 5.41) is 19.5. The van der Waals surface area contributed by atoms with Crippen LogP contribution in [0.2, 0.25) is 0 Å². The normalized spacial score (nSPS) is 13.2. The van der Waals surface area contributed by atoms with E-state index in [2.05, 4.69) is 10.6 Å². The van der Waals surface area contributed by atoms with Crippen molar-refractivity contribution in [2.75, 3.05) is 18.5 Å². The molecule has 22 heavy (non-hydrogen) atoms. The van der Waals surface area contributed by atoms with Gasteiger partial charge in [0.2, 0.25) is 0 Å². The third-order valence-corrected chi connectivity index (χ3v) is 3.85. The quantitative estimate of drug-likeness (QED) is 0.765. The van der Waals surface area contributed by atoms with Crippen LogP contribution in [0, 0.1) is 0 Å². The van der Waals surface area contributed by atoms with Gasteiger partial charge >= 0.3 is 6.03 Å². The number of carbonyl (C=O) groups is 1. The van der Waals surface area contributed by atoms with Crippen LogP contribution < -0.4 is 15.4 Å². The molecule has 1 aromatic carbocycles. The highest BCUT2D eigenvalue weighted by molar-refractivity contribution is 7.08. The minimum absolute atomic E-state index is 0.117. The van der Waals surface area contributed by atoms with Crippen LogP contribution in [0.15, 0.2) is 41.1 Å². The maximum atomic E-state index is 12.0. The Morgan fingerprint density at radius 3 is 2.82 bits per heavy atom. The lowest BCUT2D eigenvalue weighted by Gasteiger charge is -2.23. The molecule has 0 aliphatic carbocycles. The van der Waals surface area contributed by atoms with Crippen LogP contribution in [0.4, 0.5) is 10.5 Å². The van der Waals surface area contributed by atoms with Crippen LogP contribution >= 0.6 is 11.3 Å². The molecule has 0 bridgehead atoms. The first-order chi connectivity index (χ1) is 10.5. The third kappa shape index (κ3) is 4.22. The molecule has 0 aliphatic heterocycles. The van der Waals surface area contributed by atoms with Gasteiger partial charge in [0.05, 0.1) is 18.8 Å². The lowest BCUT2D eigenvalue weighted by molar-refractivity contribution is 0.0604. The number of para-hydroxylation sites is 2. The van der Waals surface area contributed by atoms with Crippen molar-refractivity contribution in [1.82, 2.24) is 5.32 Å². The molecule has 5 nitrogen and oxygen atoms in total. The van der Waals surface area contributed by atoms with Crippen molar-refractivity contribution in [3.05, 3.63) is 46.7 Å². The minimum Gasteiger partial charge on any atom is -0.492 e. The van der Waals surface area contributed by atoms with Crippen molar-refractivity contribution in [3.8, 4) is 5.75 Å². The van der Waals surface area contributed by atoms with E-state index in [1.54, 1.807) is 19.1 Å². The van der Waals surface area contributed by atoms with E-state index < -0.39 is 5.60 Å². The number of thiophene rings is 1. The summed E-state index contributed by atoms with van der Waals surface area (Å²) in [7, 11) is 0. The summed E-state index contributed by atoms with van der Waals surface area (Å²) in [6.07, 6.45) is 0. The largest absolute Gasteiger partial charge is 0.492 e. The number of rotatable bonds is 6. The van der Waals surface area contributed by atoms with Crippen LogP contribution in [0.5, 0.6) is 5.75 Å². The monoisotopic (exact) mass is 320 g/mol. The van der Waals surface area contributed by atoms with Gasteiger partial charge in [0.25, 0.3) is 0 Å².